The van der Waals surface area contributed by atoms with Gasteiger partial charge in [-0.1, -0.05) is 12.1 Å². The molecule has 2 heterocycles. The molecule has 11 heteroatoms. The number of aromatic nitrogens is 1. The molecule has 2 N–H and O–H groups in total. The molecule has 36 heavy (non-hydrogen) atoms. The minimum atomic E-state index is -0.956. The lowest BCUT2D eigenvalue weighted by atomic mass is 9.80. The van der Waals surface area contributed by atoms with Gasteiger partial charge in [0.2, 0.25) is 0 Å². The van der Waals surface area contributed by atoms with Crippen molar-refractivity contribution in [2.45, 2.75) is 26.7 Å². The van der Waals surface area contributed by atoms with Gasteiger partial charge in [0.05, 0.1) is 40.7 Å². The number of nitro benzene ring substituents is 1. The number of nitrogens with zero attached hydrogens (tertiary/aromatic N) is 2. The zero-order valence-electron chi connectivity index (χ0n) is 20.1. The van der Waals surface area contributed by atoms with Gasteiger partial charge < -0.3 is 20.1 Å². The molecule has 1 aliphatic heterocycles. The van der Waals surface area contributed by atoms with Crippen LogP contribution in [0.25, 0.3) is 0 Å². The van der Waals surface area contributed by atoms with Crippen LogP contribution in [0.4, 0.5) is 5.69 Å². The van der Waals surface area contributed by atoms with E-state index in [-0.39, 0.29) is 42.5 Å². The van der Waals surface area contributed by atoms with Crippen molar-refractivity contribution < 1.29 is 28.8 Å². The summed E-state index contributed by atoms with van der Waals surface area (Å²) in [5, 5.41) is 17.0. The molecule has 1 aromatic carbocycles. The van der Waals surface area contributed by atoms with Gasteiger partial charge in [0.25, 0.3) is 11.6 Å². The third kappa shape index (κ3) is 5.93. The number of amides is 1. The highest BCUT2D eigenvalue weighted by Crippen LogP contribution is 2.40. The molecule has 2 aromatic rings. The molecule has 0 bridgehead atoms. The number of ether oxygens (including phenoxy) is 2. The predicted molar refractivity (Wildman–Crippen MR) is 129 cm³/mol. The Labute approximate surface area is 207 Å². The fourth-order valence-electron chi connectivity index (χ4n) is 3.88. The van der Waals surface area contributed by atoms with E-state index < -0.39 is 22.8 Å². The van der Waals surface area contributed by atoms with Crippen molar-refractivity contribution in [2.75, 3.05) is 19.8 Å². The predicted octanol–water partition coefficient (Wildman–Crippen LogP) is 2.76. The SMILES string of the molecule is CCOC(=O)C1=C(C)NC(C)=C(C(=O)OCCNC(=O)c2cccnc2)[C@H]1c1cccc([N+](=O)[O-])c1. The van der Waals surface area contributed by atoms with Crippen LogP contribution in [0.5, 0.6) is 0 Å². The van der Waals surface area contributed by atoms with Gasteiger partial charge in [-0.2, -0.15) is 0 Å². The molecule has 0 spiro atoms. The van der Waals surface area contributed by atoms with Gasteiger partial charge in [-0.05, 0) is 38.5 Å². The number of carbonyl (C=O) groups is 3. The molecule has 3 rings (SSSR count). The number of hydrogen-bond acceptors (Lipinski definition) is 9. The summed E-state index contributed by atoms with van der Waals surface area (Å²) in [5.74, 6) is -2.71. The molecular formula is C25H26N4O7. The Balaban J connectivity index is 1.85. The fraction of sp³-hybridized carbons (Fsp3) is 0.280. The Kier molecular flexibility index (Phi) is 8.50. The molecular weight excluding hydrogens is 468 g/mol. The largest absolute Gasteiger partial charge is 0.463 e. The summed E-state index contributed by atoms with van der Waals surface area (Å²) in [6, 6.07) is 8.96. The zero-order chi connectivity index (χ0) is 26.2. The molecule has 1 aliphatic rings. The van der Waals surface area contributed by atoms with E-state index in [0.29, 0.717) is 22.5 Å². The van der Waals surface area contributed by atoms with Gasteiger partial charge in [0.15, 0.2) is 0 Å². The number of benzene rings is 1. The van der Waals surface area contributed by atoms with E-state index in [2.05, 4.69) is 15.6 Å². The number of pyridine rings is 1. The summed E-state index contributed by atoms with van der Waals surface area (Å²) in [4.78, 5) is 53.0. The van der Waals surface area contributed by atoms with E-state index in [1.54, 1.807) is 45.2 Å². The van der Waals surface area contributed by atoms with Gasteiger partial charge in [0, 0.05) is 35.9 Å². The van der Waals surface area contributed by atoms with E-state index in [4.69, 9.17) is 9.47 Å². The van der Waals surface area contributed by atoms with Crippen molar-refractivity contribution in [3.8, 4) is 0 Å². The Morgan fingerprint density at radius 2 is 1.78 bits per heavy atom. The number of carbonyl (C=O) groups excluding carboxylic acids is 3. The van der Waals surface area contributed by atoms with Crippen molar-refractivity contribution in [1.29, 1.82) is 0 Å². The molecule has 0 radical (unpaired) electrons. The normalized spacial score (nSPS) is 15.1. The monoisotopic (exact) mass is 494 g/mol. The lowest BCUT2D eigenvalue weighted by molar-refractivity contribution is -0.384. The van der Waals surface area contributed by atoms with Crippen LogP contribution in [0, 0.1) is 10.1 Å². The molecule has 0 aliphatic carbocycles. The van der Waals surface area contributed by atoms with Gasteiger partial charge >= 0.3 is 11.9 Å². The maximum Gasteiger partial charge on any atom is 0.336 e. The molecule has 1 amide bonds. The Morgan fingerprint density at radius 3 is 2.39 bits per heavy atom. The number of hydrogen-bond donors (Lipinski definition) is 2. The quantitative estimate of drug-likeness (QED) is 0.232. The van der Waals surface area contributed by atoms with Gasteiger partial charge in [-0.25, -0.2) is 9.59 Å². The second-order valence-corrected chi connectivity index (χ2v) is 7.84. The number of rotatable bonds is 9. The summed E-state index contributed by atoms with van der Waals surface area (Å²) in [5.41, 5.74) is 1.70. The topological polar surface area (TPSA) is 150 Å². The first-order valence-corrected chi connectivity index (χ1v) is 11.2. The van der Waals surface area contributed by atoms with E-state index in [0.717, 1.165) is 0 Å². The molecule has 1 atom stereocenters. The smallest absolute Gasteiger partial charge is 0.336 e. The van der Waals surface area contributed by atoms with E-state index in [1.807, 2.05) is 0 Å². The summed E-state index contributed by atoms with van der Waals surface area (Å²) < 4.78 is 10.6. The molecule has 188 valence electrons. The first-order valence-electron chi connectivity index (χ1n) is 11.2. The van der Waals surface area contributed by atoms with E-state index in [9.17, 15) is 24.5 Å². The van der Waals surface area contributed by atoms with Crippen LogP contribution in [0.1, 0.15) is 42.6 Å². The maximum absolute atomic E-state index is 13.2. The number of allylic oxidation sites excluding steroid dienone is 2. The summed E-state index contributed by atoms with van der Waals surface area (Å²) in [7, 11) is 0. The minimum Gasteiger partial charge on any atom is -0.463 e. The summed E-state index contributed by atoms with van der Waals surface area (Å²) >= 11 is 0. The maximum atomic E-state index is 13.2. The van der Waals surface area contributed by atoms with Crippen molar-refractivity contribution in [3.63, 3.8) is 0 Å². The van der Waals surface area contributed by atoms with Gasteiger partial charge in [-0.3, -0.25) is 19.9 Å². The fourth-order valence-corrected chi connectivity index (χ4v) is 3.88. The van der Waals surface area contributed by atoms with Crippen LogP contribution in [-0.2, 0) is 19.1 Å². The van der Waals surface area contributed by atoms with Crippen LogP contribution in [-0.4, -0.2) is 47.5 Å². The number of non-ortho nitro benzene ring substituents is 1. The number of esters is 2. The third-order valence-corrected chi connectivity index (χ3v) is 5.43. The van der Waals surface area contributed by atoms with Crippen LogP contribution < -0.4 is 10.6 Å². The zero-order valence-corrected chi connectivity index (χ0v) is 20.1. The number of nitro groups is 1. The van der Waals surface area contributed by atoms with Crippen molar-refractivity contribution in [1.82, 2.24) is 15.6 Å². The number of nitrogens with one attached hydrogen (secondary N) is 2. The van der Waals surface area contributed by atoms with Crippen molar-refractivity contribution in [3.05, 3.63) is 92.6 Å². The van der Waals surface area contributed by atoms with Crippen molar-refractivity contribution >= 4 is 23.5 Å². The van der Waals surface area contributed by atoms with Crippen LogP contribution in [0.15, 0.2) is 71.3 Å². The average molecular weight is 495 g/mol. The first-order chi connectivity index (χ1) is 17.2. The third-order valence-electron chi connectivity index (χ3n) is 5.43. The lowest BCUT2D eigenvalue weighted by Crippen LogP contribution is -2.33. The highest BCUT2D eigenvalue weighted by Gasteiger charge is 2.38. The van der Waals surface area contributed by atoms with Gasteiger partial charge in [0.1, 0.15) is 6.61 Å². The molecule has 0 unspecified atom stereocenters. The lowest BCUT2D eigenvalue weighted by Gasteiger charge is -2.30. The average Bonchev–Trinajstić information content (AvgIpc) is 2.86. The molecule has 11 nitrogen and oxygen atoms in total. The second kappa shape index (κ2) is 11.7. The molecule has 0 fully saturated rings. The molecule has 0 saturated carbocycles. The Bertz CT molecular complexity index is 1240. The minimum absolute atomic E-state index is 0.0420. The van der Waals surface area contributed by atoms with Crippen molar-refractivity contribution in [2.24, 2.45) is 0 Å². The van der Waals surface area contributed by atoms with Gasteiger partial charge in [-0.15, -0.1) is 0 Å². The molecule has 0 saturated heterocycles. The second-order valence-electron chi connectivity index (χ2n) is 7.84. The first kappa shape index (κ1) is 26.1. The number of dihydropyridines is 1. The Morgan fingerprint density at radius 1 is 1.08 bits per heavy atom. The Hall–Kier alpha value is -4.54. The van der Waals surface area contributed by atoms with E-state index in [1.165, 1.54) is 24.4 Å². The van der Waals surface area contributed by atoms with E-state index >= 15 is 0 Å². The van der Waals surface area contributed by atoms with Crippen LogP contribution in [0.3, 0.4) is 0 Å². The molecule has 1 aromatic heterocycles. The van der Waals surface area contributed by atoms with Crippen LogP contribution in [0.2, 0.25) is 0 Å². The standard InChI is InChI=1S/C25H26N4O7/c1-4-35-24(31)20-15(2)28-16(3)21(22(20)17-7-5-9-19(13-17)29(33)34)25(32)36-12-11-27-23(30)18-8-6-10-26-14-18/h5-10,13-14,22,28H,4,11-12H2,1-3H3,(H,27,30)/t22-/m0/s1. The summed E-state index contributed by atoms with van der Waals surface area (Å²) in [6.45, 7) is 4.98. The highest BCUT2D eigenvalue weighted by molar-refractivity contribution is 6.00. The summed E-state index contributed by atoms with van der Waals surface area (Å²) in [6.07, 6.45) is 2.96. The van der Waals surface area contributed by atoms with Crippen LogP contribution >= 0.6 is 0 Å². The highest BCUT2D eigenvalue weighted by atomic mass is 16.6.